The second-order valence-electron chi connectivity index (χ2n) is 21.7. The summed E-state index contributed by atoms with van der Waals surface area (Å²) in [4.78, 5) is 164. The molecule has 0 spiro atoms. The van der Waals surface area contributed by atoms with Crippen LogP contribution < -0.4 is 70.4 Å². The summed E-state index contributed by atoms with van der Waals surface area (Å²) in [6, 6.07) is -6.75. The van der Waals surface area contributed by atoms with Gasteiger partial charge in [-0.25, -0.2) is 4.79 Å². The monoisotopic (exact) mass is 1190 g/mol. The van der Waals surface area contributed by atoms with Gasteiger partial charge in [0.25, 0.3) is 0 Å². The number of amides is 11. The van der Waals surface area contributed by atoms with Gasteiger partial charge in [-0.1, -0.05) is 111 Å². The van der Waals surface area contributed by atoms with Crippen LogP contribution in [0, 0.1) is 23.7 Å². The molecular formula is C56H93N13O15. The zero-order chi connectivity index (χ0) is 63.5. The Labute approximate surface area is 491 Å². The van der Waals surface area contributed by atoms with Gasteiger partial charge >= 0.3 is 5.97 Å². The molecule has 18 N–H and O–H groups in total. The molecule has 0 aliphatic carbocycles. The molecule has 1 fully saturated rings. The molecular weight excluding hydrogens is 1090 g/mol. The van der Waals surface area contributed by atoms with Gasteiger partial charge in [-0.2, -0.15) is 0 Å². The van der Waals surface area contributed by atoms with Gasteiger partial charge in [0, 0.05) is 6.42 Å². The Morgan fingerprint density at radius 3 is 1.57 bits per heavy atom. The van der Waals surface area contributed by atoms with Gasteiger partial charge in [-0.15, -0.1) is 0 Å². The van der Waals surface area contributed by atoms with Crippen molar-refractivity contribution in [1.82, 2.24) is 53.2 Å². The Hall–Kier alpha value is -7.30. The Morgan fingerprint density at radius 2 is 1.08 bits per heavy atom. The van der Waals surface area contributed by atoms with Gasteiger partial charge in [0.05, 0.1) is 19.3 Å². The van der Waals surface area contributed by atoms with Gasteiger partial charge in [0.15, 0.2) is 0 Å². The molecule has 0 saturated carbocycles. The molecule has 1 aliphatic heterocycles. The lowest BCUT2D eigenvalue weighted by atomic mass is 9.94. The number of carbonyl (C=O) groups is 12. The number of primary amides is 1. The van der Waals surface area contributed by atoms with E-state index in [9.17, 15) is 67.7 Å². The summed E-state index contributed by atoms with van der Waals surface area (Å²) in [5.41, 5.74) is 18.1. The second-order valence-corrected chi connectivity index (χ2v) is 21.7. The number of ether oxygens (including phenoxy) is 1. The molecule has 16 atom stereocenters. The average Bonchev–Trinajstić information content (AvgIpc) is 3.51. The van der Waals surface area contributed by atoms with E-state index in [1.54, 1.807) is 85.7 Å². The van der Waals surface area contributed by atoms with Gasteiger partial charge in [0.2, 0.25) is 65.0 Å². The Morgan fingerprint density at radius 1 is 0.607 bits per heavy atom. The topological polar surface area (TPSA) is 453 Å². The molecule has 1 aromatic carbocycles. The Balaban J connectivity index is 2.39. The lowest BCUT2D eigenvalue weighted by Gasteiger charge is -2.31. The summed E-state index contributed by atoms with van der Waals surface area (Å²) in [7, 11) is 0. The summed E-state index contributed by atoms with van der Waals surface area (Å²) >= 11 is 0. The molecule has 1 aromatic rings. The van der Waals surface area contributed by atoms with Crippen molar-refractivity contribution in [3.63, 3.8) is 0 Å². The molecule has 0 radical (unpaired) electrons. The highest BCUT2D eigenvalue weighted by Crippen LogP contribution is 2.17. The highest BCUT2D eigenvalue weighted by Gasteiger charge is 2.41. The lowest BCUT2D eigenvalue weighted by molar-refractivity contribution is -0.157. The van der Waals surface area contributed by atoms with E-state index in [0.29, 0.717) is 19.3 Å². The van der Waals surface area contributed by atoms with Gasteiger partial charge in [-0.05, 0) is 75.3 Å². The number of benzene rings is 1. The number of aliphatic hydroxyl groups excluding tert-OH is 2. The number of carbonyl (C=O) groups excluding carboxylic acids is 12. The number of rotatable bonds is 32. The predicted octanol–water partition coefficient (Wildman–Crippen LogP) is -3.46. The number of cyclic esters (lactones) is 1. The van der Waals surface area contributed by atoms with Crippen LogP contribution in [0.3, 0.4) is 0 Å². The van der Waals surface area contributed by atoms with Crippen molar-refractivity contribution in [2.45, 2.75) is 200 Å². The maximum Gasteiger partial charge on any atom is 0.329 e. The average molecular weight is 1190 g/mol. The molecule has 1 saturated heterocycles. The van der Waals surface area contributed by atoms with Crippen molar-refractivity contribution in [3.05, 3.63) is 35.9 Å². The Bertz CT molecular complexity index is 2400. The van der Waals surface area contributed by atoms with Crippen LogP contribution >= 0.6 is 0 Å². The zero-order valence-corrected chi connectivity index (χ0v) is 50.0. The van der Waals surface area contributed by atoms with Gasteiger partial charge < -0.3 is 85.3 Å². The largest absolute Gasteiger partial charge is 0.458 e. The first-order valence-corrected chi connectivity index (χ1v) is 28.9. The summed E-state index contributed by atoms with van der Waals surface area (Å²) in [5, 5.41) is 46.0. The summed E-state index contributed by atoms with van der Waals surface area (Å²) in [6.45, 7) is 14.3. The van der Waals surface area contributed by atoms with Crippen LogP contribution in [-0.4, -0.2) is 173 Å². The van der Waals surface area contributed by atoms with Crippen molar-refractivity contribution in [2.75, 3.05) is 19.8 Å². The molecule has 472 valence electrons. The van der Waals surface area contributed by atoms with E-state index >= 15 is 0 Å². The van der Waals surface area contributed by atoms with E-state index in [1.807, 2.05) is 0 Å². The summed E-state index contributed by atoms with van der Waals surface area (Å²) in [6.07, 6.45) is -0.424. The third-order valence-corrected chi connectivity index (χ3v) is 15.2. The molecule has 0 aromatic heterocycles. The highest BCUT2D eigenvalue weighted by molar-refractivity contribution is 5.99. The molecule has 2 rings (SSSR count). The lowest BCUT2D eigenvalue weighted by Crippen LogP contribution is -2.63. The fourth-order valence-corrected chi connectivity index (χ4v) is 8.72. The number of aliphatic hydroxyl groups is 2. The van der Waals surface area contributed by atoms with Crippen LogP contribution in [-0.2, 0) is 68.7 Å². The molecule has 1 aliphatic rings. The van der Waals surface area contributed by atoms with Crippen molar-refractivity contribution < 1.29 is 72.5 Å². The van der Waals surface area contributed by atoms with E-state index in [-0.39, 0.29) is 32.2 Å². The predicted molar refractivity (Wildman–Crippen MR) is 307 cm³/mol. The van der Waals surface area contributed by atoms with Crippen LogP contribution in [0.25, 0.3) is 0 Å². The first-order valence-electron chi connectivity index (χ1n) is 28.9. The molecule has 0 unspecified atom stereocenters. The fraction of sp³-hybridized carbons (Fsp3) is 0.679. The molecule has 28 nitrogen and oxygen atoms in total. The van der Waals surface area contributed by atoms with Crippen molar-refractivity contribution in [1.29, 1.82) is 0 Å². The van der Waals surface area contributed by atoms with Crippen molar-refractivity contribution >= 4 is 70.9 Å². The van der Waals surface area contributed by atoms with E-state index in [1.165, 1.54) is 13.8 Å². The van der Waals surface area contributed by atoms with Crippen molar-refractivity contribution in [2.24, 2.45) is 40.9 Å². The number of hydrogen-bond donors (Lipinski definition) is 15. The van der Waals surface area contributed by atoms with E-state index in [2.05, 4.69) is 53.2 Å². The first kappa shape index (κ1) is 72.8. The van der Waals surface area contributed by atoms with Crippen molar-refractivity contribution in [3.8, 4) is 0 Å². The number of nitrogens with two attached hydrogens (primary N) is 3. The zero-order valence-electron chi connectivity index (χ0n) is 50.0. The van der Waals surface area contributed by atoms with Gasteiger partial charge in [-0.3, -0.25) is 52.7 Å². The summed E-state index contributed by atoms with van der Waals surface area (Å²) in [5.74, 6) is -13.3. The fourth-order valence-electron chi connectivity index (χ4n) is 8.72. The maximum atomic E-state index is 14.3. The molecule has 11 amide bonds. The number of hydrogen-bond acceptors (Lipinski definition) is 17. The van der Waals surface area contributed by atoms with E-state index in [4.69, 9.17) is 21.9 Å². The quantitative estimate of drug-likeness (QED) is 0.0312. The van der Waals surface area contributed by atoms with Gasteiger partial charge in [0.1, 0.15) is 66.5 Å². The van der Waals surface area contributed by atoms with Crippen LogP contribution in [0.2, 0.25) is 0 Å². The first-order chi connectivity index (χ1) is 39.6. The maximum absolute atomic E-state index is 14.3. The van der Waals surface area contributed by atoms with Crippen LogP contribution in [0.1, 0.15) is 126 Å². The van der Waals surface area contributed by atoms with E-state index in [0.717, 1.165) is 5.56 Å². The minimum atomic E-state index is -1.81. The Kier molecular flexibility index (Phi) is 31.6. The molecule has 84 heavy (non-hydrogen) atoms. The molecule has 0 bridgehead atoms. The van der Waals surface area contributed by atoms with Crippen LogP contribution in [0.4, 0.5) is 0 Å². The van der Waals surface area contributed by atoms with Crippen LogP contribution in [0.5, 0.6) is 0 Å². The minimum Gasteiger partial charge on any atom is -0.458 e. The molecule has 28 heteroatoms. The summed E-state index contributed by atoms with van der Waals surface area (Å²) < 4.78 is 5.68. The van der Waals surface area contributed by atoms with E-state index < -0.39 is 193 Å². The SMILES string of the molecule is CC[C@@H](C)[C@@H](NC(=O)[C@@H](CCC(N)=O)NC(=O)[C@H](CO)NC(=O)[C@@H](NC(=O)[C@H](N)Cc1ccccc1)[C@@H](C)CC)C(=O)N[C@H](C(=O)N[C@@H](CO)C(=O)N[C@H]1C(=O)N[C@@H](C)C(=O)N[C@@H](CCCN)C(=O)N[C@@H]([C@@H](C)CC)C(=O)O[C@H]1C)[C@@H](C)CC. The standard InChI is InChI=1S/C56H93N13O15/c1-11-28(5)41(65-47(74)35(58)25-34-19-16-15-17-20-34)52(79)63-38(26-70)50(77)62-37(22-23-40(59)72)49(76)66-43(30(7)13-3)54(81)67-42(29(6)12-2)53(80)64-39(27-71)51(78)69-45-33(10)84-56(83)44(31(8)14-4)68-48(75)36(21-18-24-57)61-46(73)32(9)60-55(45)82/h15-17,19-20,28-33,35-39,41-45,70-71H,11-14,18,21-27,57-58H2,1-10H3,(H2,59,72)(H,60,82)(H,61,73)(H,62,77)(H,63,79)(H,64,80)(H,65,74)(H,66,76)(H,67,81)(H,68,75)(H,69,78)/t28-,29-,30+,31-,32-,33-,35+,36-,37+,38-,39-,41-,42-,43+,44-,45+/m0/s1. The smallest absolute Gasteiger partial charge is 0.329 e. The number of nitrogens with one attached hydrogen (secondary N) is 10. The molecule has 1 heterocycles. The third-order valence-electron chi connectivity index (χ3n) is 15.2. The minimum absolute atomic E-state index is 0.106. The highest BCUT2D eigenvalue weighted by atomic mass is 16.5. The third kappa shape index (κ3) is 22.7. The second kappa shape index (κ2) is 36.4. The van der Waals surface area contributed by atoms with Crippen LogP contribution in [0.15, 0.2) is 30.3 Å². The normalized spacial score (nSPS) is 21.6. The number of esters is 1.